The Morgan fingerprint density at radius 3 is 2.85 bits per heavy atom. The van der Waals surface area contributed by atoms with Crippen LogP contribution in [0.2, 0.25) is 0 Å². The number of ether oxygens (including phenoxy) is 2. The van der Waals surface area contributed by atoms with Crippen molar-refractivity contribution in [1.82, 2.24) is 10.6 Å². The predicted octanol–water partition coefficient (Wildman–Crippen LogP) is 4.13. The van der Waals surface area contributed by atoms with Crippen molar-refractivity contribution in [2.75, 3.05) is 32.8 Å². The fourth-order valence-corrected chi connectivity index (χ4v) is 2.87. The van der Waals surface area contributed by atoms with Gasteiger partial charge in [-0.2, -0.15) is 0 Å². The summed E-state index contributed by atoms with van der Waals surface area (Å²) >= 11 is 3.50. The number of aliphatic imine (C=N–C) groups is 1. The molecule has 0 radical (unpaired) electrons. The van der Waals surface area contributed by atoms with E-state index in [-0.39, 0.29) is 30.1 Å². The number of hydrogen-bond donors (Lipinski definition) is 2. The van der Waals surface area contributed by atoms with Gasteiger partial charge in [0.05, 0.1) is 24.2 Å². The van der Waals surface area contributed by atoms with Crippen LogP contribution < -0.4 is 15.4 Å². The second kappa shape index (κ2) is 13.4. The van der Waals surface area contributed by atoms with Gasteiger partial charge in [0, 0.05) is 13.1 Å². The van der Waals surface area contributed by atoms with E-state index in [0.717, 1.165) is 55.3 Å². The molecule has 0 bridgehead atoms. The molecule has 0 saturated carbocycles. The molecular weight excluding hydrogens is 509 g/mol. The van der Waals surface area contributed by atoms with Gasteiger partial charge in [0.25, 0.3) is 0 Å². The van der Waals surface area contributed by atoms with E-state index in [2.05, 4.69) is 44.6 Å². The highest BCUT2D eigenvalue weighted by Crippen LogP contribution is 2.24. The molecule has 0 spiro atoms. The Labute approximate surface area is 182 Å². The van der Waals surface area contributed by atoms with Gasteiger partial charge in [0.2, 0.25) is 0 Å². The average molecular weight is 538 g/mol. The number of rotatable bonds is 8. The van der Waals surface area contributed by atoms with E-state index in [9.17, 15) is 0 Å². The number of halogens is 2. The first-order valence-electron chi connectivity index (χ1n) is 8.88. The second-order valence-electron chi connectivity index (χ2n) is 5.94. The largest absolute Gasteiger partial charge is 0.488 e. The van der Waals surface area contributed by atoms with Gasteiger partial charge < -0.3 is 20.1 Å². The van der Waals surface area contributed by atoms with Gasteiger partial charge in [0.1, 0.15) is 11.9 Å². The Kier molecular flexibility index (Phi) is 12.0. The zero-order valence-electron chi connectivity index (χ0n) is 15.5. The van der Waals surface area contributed by atoms with Crippen molar-refractivity contribution in [2.24, 2.45) is 4.99 Å². The molecule has 1 aliphatic heterocycles. The molecule has 1 aromatic rings. The Morgan fingerprint density at radius 2 is 2.15 bits per heavy atom. The van der Waals surface area contributed by atoms with Crippen molar-refractivity contribution in [3.05, 3.63) is 40.4 Å². The van der Waals surface area contributed by atoms with E-state index in [0.29, 0.717) is 6.54 Å². The zero-order valence-corrected chi connectivity index (χ0v) is 19.4. The van der Waals surface area contributed by atoms with Crippen LogP contribution in [0.4, 0.5) is 0 Å². The summed E-state index contributed by atoms with van der Waals surface area (Å²) in [6.45, 7) is 7.97. The van der Waals surface area contributed by atoms with Crippen LogP contribution in [0.15, 0.2) is 45.4 Å². The highest BCUT2D eigenvalue weighted by atomic mass is 127. The number of para-hydroxylation sites is 1. The summed E-state index contributed by atoms with van der Waals surface area (Å²) in [7, 11) is 0. The smallest absolute Gasteiger partial charge is 0.191 e. The zero-order chi connectivity index (χ0) is 17.9. The van der Waals surface area contributed by atoms with Crippen molar-refractivity contribution in [2.45, 2.75) is 32.8 Å². The molecule has 146 valence electrons. The minimum Gasteiger partial charge on any atom is -0.488 e. The number of guanidine groups is 1. The normalized spacial score (nSPS) is 15.5. The van der Waals surface area contributed by atoms with Crippen molar-refractivity contribution < 1.29 is 9.47 Å². The maximum Gasteiger partial charge on any atom is 0.191 e. The first-order chi connectivity index (χ1) is 12.2. The SMILES string of the molecule is CCNC(=NCC(C)Oc1ccccc1Br)NCCC1=CCOCC1.I. The molecule has 26 heavy (non-hydrogen) atoms. The number of nitrogens with one attached hydrogen (secondary N) is 2. The van der Waals surface area contributed by atoms with Crippen LogP contribution in [0.25, 0.3) is 0 Å². The molecule has 0 aliphatic carbocycles. The van der Waals surface area contributed by atoms with E-state index in [1.807, 2.05) is 31.2 Å². The maximum atomic E-state index is 5.94. The molecule has 2 rings (SSSR count). The molecule has 2 N–H and O–H groups in total. The fourth-order valence-electron chi connectivity index (χ4n) is 2.49. The number of hydrogen-bond acceptors (Lipinski definition) is 3. The third kappa shape index (κ3) is 8.73. The Morgan fingerprint density at radius 1 is 1.35 bits per heavy atom. The van der Waals surface area contributed by atoms with E-state index in [1.165, 1.54) is 5.57 Å². The summed E-state index contributed by atoms with van der Waals surface area (Å²) in [6, 6.07) is 7.87. The molecule has 1 aliphatic rings. The summed E-state index contributed by atoms with van der Waals surface area (Å²) in [5.74, 6) is 1.67. The first-order valence-corrected chi connectivity index (χ1v) is 9.67. The first kappa shape index (κ1) is 23.2. The van der Waals surface area contributed by atoms with Crippen LogP contribution in [0.5, 0.6) is 5.75 Å². The van der Waals surface area contributed by atoms with Crippen molar-refractivity contribution >= 4 is 45.9 Å². The van der Waals surface area contributed by atoms with E-state index in [1.54, 1.807) is 0 Å². The van der Waals surface area contributed by atoms with Crippen LogP contribution in [0, 0.1) is 0 Å². The van der Waals surface area contributed by atoms with Crippen LogP contribution in [0.3, 0.4) is 0 Å². The molecule has 5 nitrogen and oxygen atoms in total. The highest BCUT2D eigenvalue weighted by molar-refractivity contribution is 14.0. The molecule has 0 fully saturated rings. The Balaban J connectivity index is 0.00000338. The topological polar surface area (TPSA) is 54.9 Å². The third-order valence-corrected chi connectivity index (χ3v) is 4.47. The fraction of sp³-hybridized carbons (Fsp3) is 0.526. The minimum absolute atomic E-state index is 0. The van der Waals surface area contributed by atoms with Crippen LogP contribution in [-0.2, 0) is 4.74 Å². The highest BCUT2D eigenvalue weighted by Gasteiger charge is 2.08. The molecule has 0 amide bonds. The summed E-state index contributed by atoms with van der Waals surface area (Å²) in [6.07, 6.45) is 4.23. The summed E-state index contributed by atoms with van der Waals surface area (Å²) in [5.41, 5.74) is 1.46. The Hall–Kier alpha value is -0.800. The number of benzene rings is 1. The summed E-state index contributed by atoms with van der Waals surface area (Å²) < 4.78 is 12.2. The van der Waals surface area contributed by atoms with Gasteiger partial charge in [-0.15, -0.1) is 24.0 Å². The minimum atomic E-state index is -0.00708. The average Bonchev–Trinajstić information content (AvgIpc) is 2.62. The molecule has 1 aromatic carbocycles. The molecule has 0 saturated heterocycles. The van der Waals surface area contributed by atoms with Gasteiger partial charge >= 0.3 is 0 Å². The molecule has 7 heteroatoms. The summed E-state index contributed by atoms with van der Waals surface area (Å²) in [4.78, 5) is 4.63. The van der Waals surface area contributed by atoms with Gasteiger partial charge in [-0.3, -0.25) is 0 Å². The molecular formula is C19H29BrIN3O2. The van der Waals surface area contributed by atoms with Crippen LogP contribution in [0.1, 0.15) is 26.7 Å². The van der Waals surface area contributed by atoms with Crippen LogP contribution in [-0.4, -0.2) is 44.9 Å². The van der Waals surface area contributed by atoms with Crippen LogP contribution >= 0.6 is 39.9 Å². The summed E-state index contributed by atoms with van der Waals surface area (Å²) in [5, 5.41) is 6.67. The van der Waals surface area contributed by atoms with Crippen molar-refractivity contribution in [3.63, 3.8) is 0 Å². The predicted molar refractivity (Wildman–Crippen MR) is 122 cm³/mol. The molecule has 1 unspecified atom stereocenters. The molecule has 1 atom stereocenters. The van der Waals surface area contributed by atoms with Gasteiger partial charge in [-0.1, -0.05) is 23.8 Å². The monoisotopic (exact) mass is 537 g/mol. The lowest BCUT2D eigenvalue weighted by molar-refractivity contribution is 0.153. The third-order valence-electron chi connectivity index (χ3n) is 3.81. The molecule has 1 heterocycles. The van der Waals surface area contributed by atoms with Gasteiger partial charge in [-0.05, 0) is 54.8 Å². The van der Waals surface area contributed by atoms with Gasteiger partial charge in [-0.25, -0.2) is 4.99 Å². The van der Waals surface area contributed by atoms with E-state index >= 15 is 0 Å². The van der Waals surface area contributed by atoms with E-state index < -0.39 is 0 Å². The number of nitrogens with zero attached hydrogens (tertiary/aromatic N) is 1. The lowest BCUT2D eigenvalue weighted by Crippen LogP contribution is -2.38. The lowest BCUT2D eigenvalue weighted by Gasteiger charge is -2.17. The van der Waals surface area contributed by atoms with Crippen molar-refractivity contribution in [3.8, 4) is 5.75 Å². The standard InChI is InChI=1S/C19H28BrN3O2.HI/c1-3-21-19(22-11-8-16-9-12-24-13-10-16)23-14-15(2)25-18-7-5-4-6-17(18)20;/h4-7,9,15H,3,8,10-14H2,1-2H3,(H2,21,22,23);1H. The van der Waals surface area contributed by atoms with Gasteiger partial charge in [0.15, 0.2) is 5.96 Å². The lowest BCUT2D eigenvalue weighted by atomic mass is 10.1. The quantitative estimate of drug-likeness (QED) is 0.227. The van der Waals surface area contributed by atoms with E-state index in [4.69, 9.17) is 9.47 Å². The maximum absolute atomic E-state index is 5.94. The second-order valence-corrected chi connectivity index (χ2v) is 6.80. The molecule has 0 aromatic heterocycles. The Bertz CT molecular complexity index is 596. The van der Waals surface area contributed by atoms with Crippen molar-refractivity contribution in [1.29, 1.82) is 0 Å².